The van der Waals surface area contributed by atoms with Gasteiger partial charge in [-0.15, -0.1) is 11.3 Å². The first kappa shape index (κ1) is 16.2. The zero-order valence-corrected chi connectivity index (χ0v) is 15.2. The average Bonchev–Trinajstić information content (AvgIpc) is 2.85. The van der Waals surface area contributed by atoms with Crippen LogP contribution in [0.25, 0.3) is 10.2 Å². The second kappa shape index (κ2) is 6.24. The standard InChI is InChI=1S/C18H25N3O2S/c1-10-11(2)24-18-16(10)17(23)19-15(20-18)9-21-8-7-14(22)12-5-3-4-6-13(12)21/h12-14,22H,3-9H2,1-2H3,(H,19,20,23). The Bertz CT molecular complexity index is 812. The van der Waals surface area contributed by atoms with E-state index in [4.69, 9.17) is 4.98 Å². The molecule has 0 bridgehead atoms. The summed E-state index contributed by atoms with van der Waals surface area (Å²) in [7, 11) is 0. The third kappa shape index (κ3) is 2.70. The predicted molar refractivity (Wildman–Crippen MR) is 96.5 cm³/mol. The van der Waals surface area contributed by atoms with Crippen molar-refractivity contribution < 1.29 is 5.11 Å². The van der Waals surface area contributed by atoms with Gasteiger partial charge in [-0.1, -0.05) is 12.8 Å². The SMILES string of the molecule is Cc1sc2nc(CN3CCC(O)C4CCCCC43)[nH]c(=O)c2c1C. The zero-order valence-electron chi connectivity index (χ0n) is 14.3. The summed E-state index contributed by atoms with van der Waals surface area (Å²) in [6.45, 7) is 5.59. The van der Waals surface area contributed by atoms with Gasteiger partial charge in [0.15, 0.2) is 0 Å². The van der Waals surface area contributed by atoms with Crippen LogP contribution >= 0.6 is 11.3 Å². The largest absolute Gasteiger partial charge is 0.393 e. The van der Waals surface area contributed by atoms with Crippen LogP contribution in [0.3, 0.4) is 0 Å². The zero-order chi connectivity index (χ0) is 16.8. The first-order valence-corrected chi connectivity index (χ1v) is 9.77. The molecule has 2 aromatic rings. The third-order valence-electron chi connectivity index (χ3n) is 5.90. The minimum Gasteiger partial charge on any atom is -0.393 e. The molecule has 2 fully saturated rings. The highest BCUT2D eigenvalue weighted by atomic mass is 32.1. The van der Waals surface area contributed by atoms with Crippen LogP contribution in [-0.4, -0.2) is 38.7 Å². The number of H-pyrrole nitrogens is 1. The Morgan fingerprint density at radius 1 is 1.29 bits per heavy atom. The number of fused-ring (bicyclic) bond motifs is 2. The Morgan fingerprint density at radius 2 is 2.08 bits per heavy atom. The number of aliphatic hydroxyl groups excluding tert-OH is 1. The topological polar surface area (TPSA) is 69.2 Å². The molecular formula is C18H25N3O2S. The Hall–Kier alpha value is -1.24. The summed E-state index contributed by atoms with van der Waals surface area (Å²) in [6, 6.07) is 0.426. The number of aliphatic hydroxyl groups is 1. The van der Waals surface area contributed by atoms with Gasteiger partial charge in [-0.25, -0.2) is 4.98 Å². The van der Waals surface area contributed by atoms with Crippen LogP contribution in [0.1, 0.15) is 48.4 Å². The van der Waals surface area contributed by atoms with E-state index in [1.54, 1.807) is 11.3 Å². The molecule has 1 saturated heterocycles. The molecule has 24 heavy (non-hydrogen) atoms. The molecule has 1 saturated carbocycles. The molecule has 1 aliphatic carbocycles. The van der Waals surface area contributed by atoms with Gasteiger partial charge in [0.2, 0.25) is 0 Å². The maximum atomic E-state index is 12.5. The van der Waals surface area contributed by atoms with Crippen LogP contribution in [0.15, 0.2) is 4.79 Å². The maximum absolute atomic E-state index is 12.5. The van der Waals surface area contributed by atoms with Gasteiger partial charge in [0, 0.05) is 23.4 Å². The van der Waals surface area contributed by atoms with Crippen LogP contribution in [0, 0.1) is 19.8 Å². The molecule has 1 aliphatic heterocycles. The van der Waals surface area contributed by atoms with Gasteiger partial charge in [0.25, 0.3) is 5.56 Å². The quantitative estimate of drug-likeness (QED) is 0.876. The lowest BCUT2D eigenvalue weighted by Gasteiger charge is -2.46. The molecule has 130 valence electrons. The van der Waals surface area contributed by atoms with Crippen LogP contribution < -0.4 is 5.56 Å². The van der Waals surface area contributed by atoms with Crippen molar-refractivity contribution in [3.05, 3.63) is 26.6 Å². The lowest BCUT2D eigenvalue weighted by Crippen LogP contribution is -2.52. The molecule has 0 radical (unpaired) electrons. The highest BCUT2D eigenvalue weighted by Crippen LogP contribution is 2.36. The van der Waals surface area contributed by atoms with E-state index in [0.717, 1.165) is 52.3 Å². The molecule has 3 heterocycles. The Balaban J connectivity index is 1.63. The van der Waals surface area contributed by atoms with Crippen LogP contribution in [0.4, 0.5) is 0 Å². The molecule has 3 unspecified atom stereocenters. The van der Waals surface area contributed by atoms with Crippen molar-refractivity contribution in [2.24, 2.45) is 5.92 Å². The second-order valence-electron chi connectivity index (χ2n) is 7.32. The number of hydrogen-bond donors (Lipinski definition) is 2. The molecule has 5 nitrogen and oxygen atoms in total. The van der Waals surface area contributed by atoms with Crippen LogP contribution in [0.5, 0.6) is 0 Å². The summed E-state index contributed by atoms with van der Waals surface area (Å²) in [5.74, 6) is 1.14. The third-order valence-corrected chi connectivity index (χ3v) is 7.00. The first-order valence-electron chi connectivity index (χ1n) is 8.95. The number of aromatic nitrogens is 2. The summed E-state index contributed by atoms with van der Waals surface area (Å²) in [5, 5.41) is 11.1. The molecule has 0 amide bonds. The van der Waals surface area contributed by atoms with Crippen LogP contribution in [-0.2, 0) is 6.54 Å². The molecule has 6 heteroatoms. The van der Waals surface area contributed by atoms with Crippen molar-refractivity contribution in [2.75, 3.05) is 6.54 Å². The summed E-state index contributed by atoms with van der Waals surface area (Å²) in [4.78, 5) is 24.6. The monoisotopic (exact) mass is 347 g/mol. The lowest BCUT2D eigenvalue weighted by atomic mass is 9.76. The summed E-state index contributed by atoms with van der Waals surface area (Å²) < 4.78 is 0. The van der Waals surface area contributed by atoms with Crippen molar-refractivity contribution in [3.63, 3.8) is 0 Å². The Morgan fingerprint density at radius 3 is 2.92 bits per heavy atom. The van der Waals surface area contributed by atoms with E-state index < -0.39 is 0 Å². The number of nitrogens with one attached hydrogen (secondary N) is 1. The van der Waals surface area contributed by atoms with E-state index in [2.05, 4.69) is 9.88 Å². The van der Waals surface area contributed by atoms with E-state index in [1.165, 1.54) is 12.8 Å². The van der Waals surface area contributed by atoms with Gasteiger partial charge in [-0.3, -0.25) is 9.69 Å². The first-order chi connectivity index (χ1) is 11.5. The fourth-order valence-corrected chi connectivity index (χ4v) is 5.53. The second-order valence-corrected chi connectivity index (χ2v) is 8.52. The van der Waals surface area contributed by atoms with Gasteiger partial charge in [-0.2, -0.15) is 0 Å². The Labute approximate surface area is 145 Å². The number of nitrogens with zero attached hydrogens (tertiary/aromatic N) is 2. The number of piperidine rings is 1. The highest BCUT2D eigenvalue weighted by molar-refractivity contribution is 7.18. The van der Waals surface area contributed by atoms with Gasteiger partial charge < -0.3 is 10.1 Å². The molecule has 0 spiro atoms. The number of hydrogen-bond acceptors (Lipinski definition) is 5. The number of likely N-dealkylation sites (tertiary alicyclic amines) is 1. The summed E-state index contributed by atoms with van der Waals surface area (Å²) in [5.41, 5.74) is 1.03. The predicted octanol–water partition coefficient (Wildman–Crippen LogP) is 2.73. The number of thiophene rings is 1. The van der Waals surface area contributed by atoms with Crippen LogP contribution in [0.2, 0.25) is 0 Å². The van der Waals surface area contributed by atoms with E-state index in [-0.39, 0.29) is 11.7 Å². The van der Waals surface area contributed by atoms with Gasteiger partial charge in [-0.05, 0) is 38.7 Å². The molecule has 4 rings (SSSR count). The molecule has 2 aliphatic rings. The van der Waals surface area contributed by atoms with E-state index in [1.807, 2.05) is 13.8 Å². The lowest BCUT2D eigenvalue weighted by molar-refractivity contribution is -0.0402. The molecule has 3 atom stereocenters. The molecular weight excluding hydrogens is 322 g/mol. The van der Waals surface area contributed by atoms with Crippen molar-refractivity contribution >= 4 is 21.6 Å². The van der Waals surface area contributed by atoms with Gasteiger partial charge in [0.1, 0.15) is 10.7 Å². The van der Waals surface area contributed by atoms with Crippen molar-refractivity contribution in [2.45, 2.75) is 64.6 Å². The van der Waals surface area contributed by atoms with Gasteiger partial charge >= 0.3 is 0 Å². The van der Waals surface area contributed by atoms with E-state index >= 15 is 0 Å². The van der Waals surface area contributed by atoms with E-state index in [0.29, 0.717) is 18.5 Å². The summed E-state index contributed by atoms with van der Waals surface area (Å²) >= 11 is 1.60. The number of aromatic amines is 1. The van der Waals surface area contributed by atoms with Crippen molar-refractivity contribution in [1.29, 1.82) is 0 Å². The fourth-order valence-electron chi connectivity index (χ4n) is 4.48. The minimum absolute atomic E-state index is 0.0194. The average molecular weight is 347 g/mol. The highest BCUT2D eigenvalue weighted by Gasteiger charge is 2.38. The van der Waals surface area contributed by atoms with Gasteiger partial charge in [0.05, 0.1) is 18.0 Å². The minimum atomic E-state index is -0.163. The molecule has 0 aromatic carbocycles. The smallest absolute Gasteiger partial charge is 0.259 e. The van der Waals surface area contributed by atoms with Crippen molar-refractivity contribution in [1.82, 2.24) is 14.9 Å². The van der Waals surface area contributed by atoms with E-state index in [9.17, 15) is 9.90 Å². The normalized spacial score (nSPS) is 28.2. The maximum Gasteiger partial charge on any atom is 0.259 e. The Kier molecular flexibility index (Phi) is 4.22. The van der Waals surface area contributed by atoms with Crippen molar-refractivity contribution in [3.8, 4) is 0 Å². The number of rotatable bonds is 2. The fraction of sp³-hybridized carbons (Fsp3) is 0.667. The number of aryl methyl sites for hydroxylation is 2. The summed E-state index contributed by atoms with van der Waals surface area (Å²) in [6.07, 6.45) is 5.38. The molecule has 2 N–H and O–H groups in total. The molecule has 2 aromatic heterocycles.